The van der Waals surface area contributed by atoms with Crippen LogP contribution in [0.25, 0.3) is 0 Å². The molecule has 2 aromatic rings. The minimum Gasteiger partial charge on any atom is -0.406 e. The van der Waals surface area contributed by atoms with Crippen LogP contribution in [0, 0.1) is 0 Å². The van der Waals surface area contributed by atoms with E-state index in [2.05, 4.69) is 26.0 Å². The third kappa shape index (κ3) is 4.78. The van der Waals surface area contributed by atoms with Crippen molar-refractivity contribution in [3.05, 3.63) is 58.6 Å². The summed E-state index contributed by atoms with van der Waals surface area (Å²) >= 11 is 3.24. The monoisotopic (exact) mass is 359 g/mol. The summed E-state index contributed by atoms with van der Waals surface area (Å²) in [7, 11) is 0. The Morgan fingerprint density at radius 2 is 1.76 bits per heavy atom. The lowest BCUT2D eigenvalue weighted by molar-refractivity contribution is -0.274. The maximum absolute atomic E-state index is 12.1. The summed E-state index contributed by atoms with van der Waals surface area (Å²) in [4.78, 5) is 11.9. The average Bonchev–Trinajstić information content (AvgIpc) is 2.37. The Morgan fingerprint density at radius 1 is 1.10 bits per heavy atom. The van der Waals surface area contributed by atoms with Crippen LogP contribution in [0.3, 0.4) is 0 Å². The number of alkyl halides is 3. The van der Waals surface area contributed by atoms with E-state index < -0.39 is 18.0 Å². The molecule has 2 aromatic carbocycles. The van der Waals surface area contributed by atoms with E-state index in [9.17, 15) is 18.0 Å². The average molecular weight is 360 g/mol. The number of anilines is 1. The van der Waals surface area contributed by atoms with Gasteiger partial charge >= 0.3 is 6.36 Å². The molecule has 0 aromatic heterocycles. The van der Waals surface area contributed by atoms with Crippen LogP contribution < -0.4 is 10.1 Å². The summed E-state index contributed by atoms with van der Waals surface area (Å²) in [6, 6.07) is 11.7. The number of hydrogen-bond acceptors (Lipinski definition) is 2. The van der Waals surface area contributed by atoms with E-state index in [0.29, 0.717) is 5.56 Å². The standard InChI is InChI=1S/C14H9BrF3NO2/c15-10-6-4-9(5-7-10)13(20)19-11-2-1-3-12(8-11)21-14(16,17)18/h1-8H,(H,19,20). The summed E-state index contributed by atoms with van der Waals surface area (Å²) in [6.45, 7) is 0. The summed E-state index contributed by atoms with van der Waals surface area (Å²) in [6.07, 6.45) is -4.77. The molecule has 0 radical (unpaired) electrons. The van der Waals surface area contributed by atoms with Crippen molar-refractivity contribution < 1.29 is 22.7 Å². The van der Waals surface area contributed by atoms with Crippen molar-refractivity contribution in [2.75, 3.05) is 5.32 Å². The first-order valence-electron chi connectivity index (χ1n) is 5.76. The van der Waals surface area contributed by atoms with Gasteiger partial charge in [0.2, 0.25) is 0 Å². The molecule has 0 aliphatic rings. The predicted molar refractivity (Wildman–Crippen MR) is 75.2 cm³/mol. The summed E-state index contributed by atoms with van der Waals surface area (Å²) in [5.74, 6) is -0.817. The second-order valence-corrected chi connectivity index (χ2v) is 4.95. The molecule has 0 saturated carbocycles. The van der Waals surface area contributed by atoms with E-state index >= 15 is 0 Å². The van der Waals surface area contributed by atoms with Gasteiger partial charge in [-0.2, -0.15) is 0 Å². The van der Waals surface area contributed by atoms with E-state index in [4.69, 9.17) is 0 Å². The fourth-order valence-corrected chi connectivity index (χ4v) is 1.84. The van der Waals surface area contributed by atoms with Crippen LogP contribution >= 0.6 is 15.9 Å². The first kappa shape index (κ1) is 15.4. The summed E-state index contributed by atoms with van der Waals surface area (Å²) in [5.41, 5.74) is 0.602. The lowest BCUT2D eigenvalue weighted by Crippen LogP contribution is -2.17. The van der Waals surface area contributed by atoms with E-state index in [1.165, 1.54) is 12.1 Å². The molecule has 0 atom stereocenters. The molecule has 110 valence electrons. The second kappa shape index (κ2) is 6.17. The van der Waals surface area contributed by atoms with Gasteiger partial charge in [-0.3, -0.25) is 4.79 Å². The molecule has 1 N–H and O–H groups in total. The van der Waals surface area contributed by atoms with Gasteiger partial charge in [-0.15, -0.1) is 13.2 Å². The number of halogens is 4. The van der Waals surface area contributed by atoms with Crippen molar-refractivity contribution >= 4 is 27.5 Å². The Kier molecular flexibility index (Phi) is 4.52. The fraction of sp³-hybridized carbons (Fsp3) is 0.0714. The van der Waals surface area contributed by atoms with Gasteiger partial charge in [0.15, 0.2) is 0 Å². The number of hydrogen-bond donors (Lipinski definition) is 1. The molecule has 0 fully saturated rings. The van der Waals surface area contributed by atoms with Crippen LogP contribution in [0.1, 0.15) is 10.4 Å². The zero-order valence-corrected chi connectivity index (χ0v) is 12.0. The van der Waals surface area contributed by atoms with Crippen molar-refractivity contribution in [1.29, 1.82) is 0 Å². The largest absolute Gasteiger partial charge is 0.573 e. The Bertz CT molecular complexity index is 641. The normalized spacial score (nSPS) is 11.0. The number of benzene rings is 2. The van der Waals surface area contributed by atoms with E-state index in [1.54, 1.807) is 24.3 Å². The minimum absolute atomic E-state index is 0.213. The van der Waals surface area contributed by atoms with Gasteiger partial charge in [-0.1, -0.05) is 22.0 Å². The first-order chi connectivity index (χ1) is 9.83. The van der Waals surface area contributed by atoms with Crippen LogP contribution in [0.5, 0.6) is 5.75 Å². The maximum atomic E-state index is 12.1. The van der Waals surface area contributed by atoms with Crippen molar-refractivity contribution in [2.45, 2.75) is 6.36 Å². The molecule has 0 aliphatic heterocycles. The van der Waals surface area contributed by atoms with Crippen LogP contribution in [-0.2, 0) is 0 Å². The van der Waals surface area contributed by atoms with Crippen molar-refractivity contribution in [3.63, 3.8) is 0 Å². The number of amides is 1. The molecule has 7 heteroatoms. The van der Waals surface area contributed by atoms with Crippen LogP contribution in [0.4, 0.5) is 18.9 Å². The lowest BCUT2D eigenvalue weighted by Gasteiger charge is -2.10. The predicted octanol–water partition coefficient (Wildman–Crippen LogP) is 4.60. The third-order valence-electron chi connectivity index (χ3n) is 2.43. The molecular weight excluding hydrogens is 351 g/mol. The smallest absolute Gasteiger partial charge is 0.406 e. The molecule has 0 saturated heterocycles. The highest BCUT2D eigenvalue weighted by molar-refractivity contribution is 9.10. The topological polar surface area (TPSA) is 38.3 Å². The summed E-state index contributed by atoms with van der Waals surface area (Å²) in [5, 5.41) is 2.50. The van der Waals surface area contributed by atoms with E-state index in [0.717, 1.165) is 16.6 Å². The van der Waals surface area contributed by atoms with Crippen molar-refractivity contribution in [2.24, 2.45) is 0 Å². The Balaban J connectivity index is 2.10. The van der Waals surface area contributed by atoms with Crippen LogP contribution in [0.2, 0.25) is 0 Å². The number of carbonyl (C=O) groups excluding carboxylic acids is 1. The highest BCUT2D eigenvalue weighted by Gasteiger charge is 2.31. The Labute approximate surface area is 126 Å². The highest BCUT2D eigenvalue weighted by Crippen LogP contribution is 2.25. The second-order valence-electron chi connectivity index (χ2n) is 4.04. The molecule has 0 bridgehead atoms. The lowest BCUT2D eigenvalue weighted by atomic mass is 10.2. The van der Waals surface area contributed by atoms with Gasteiger partial charge < -0.3 is 10.1 Å². The third-order valence-corrected chi connectivity index (χ3v) is 2.96. The van der Waals surface area contributed by atoms with E-state index in [-0.39, 0.29) is 5.69 Å². The molecule has 3 nitrogen and oxygen atoms in total. The van der Waals surface area contributed by atoms with Crippen molar-refractivity contribution in [1.82, 2.24) is 0 Å². The van der Waals surface area contributed by atoms with Crippen LogP contribution in [0.15, 0.2) is 53.0 Å². The highest BCUT2D eigenvalue weighted by atomic mass is 79.9. The van der Waals surface area contributed by atoms with Gasteiger partial charge in [-0.25, -0.2) is 0 Å². The first-order valence-corrected chi connectivity index (χ1v) is 6.55. The fourth-order valence-electron chi connectivity index (χ4n) is 1.58. The van der Waals surface area contributed by atoms with Gasteiger partial charge in [0.05, 0.1) is 0 Å². The number of carbonyl (C=O) groups is 1. The SMILES string of the molecule is O=C(Nc1cccc(OC(F)(F)F)c1)c1ccc(Br)cc1. The summed E-state index contributed by atoms with van der Waals surface area (Å²) < 4.78 is 41.0. The Hall–Kier alpha value is -2.02. The molecule has 0 spiro atoms. The molecular formula is C14H9BrF3NO2. The Morgan fingerprint density at radius 3 is 2.38 bits per heavy atom. The zero-order chi connectivity index (χ0) is 15.5. The van der Waals surface area contributed by atoms with Gasteiger partial charge in [0.25, 0.3) is 5.91 Å². The quantitative estimate of drug-likeness (QED) is 0.869. The molecule has 0 unspecified atom stereocenters. The molecule has 0 heterocycles. The number of nitrogens with one attached hydrogen (secondary N) is 1. The van der Waals surface area contributed by atoms with Gasteiger partial charge in [-0.05, 0) is 36.4 Å². The molecule has 1 amide bonds. The van der Waals surface area contributed by atoms with Gasteiger partial charge in [0, 0.05) is 21.8 Å². The van der Waals surface area contributed by atoms with Gasteiger partial charge in [0.1, 0.15) is 5.75 Å². The molecule has 21 heavy (non-hydrogen) atoms. The minimum atomic E-state index is -4.77. The van der Waals surface area contributed by atoms with Crippen molar-refractivity contribution in [3.8, 4) is 5.75 Å². The molecule has 0 aliphatic carbocycles. The number of ether oxygens (including phenoxy) is 1. The van der Waals surface area contributed by atoms with Crippen LogP contribution in [-0.4, -0.2) is 12.3 Å². The van der Waals surface area contributed by atoms with E-state index in [1.807, 2.05) is 0 Å². The zero-order valence-electron chi connectivity index (χ0n) is 10.4. The number of rotatable bonds is 3. The molecule has 2 rings (SSSR count). The maximum Gasteiger partial charge on any atom is 0.573 e.